The summed E-state index contributed by atoms with van der Waals surface area (Å²) in [5, 5.41) is 2.22. The molecule has 1 saturated carbocycles. The lowest BCUT2D eigenvalue weighted by molar-refractivity contribution is -0.184. The average molecular weight is 275 g/mol. The molecule has 2 rings (SSSR count). The van der Waals surface area contributed by atoms with Gasteiger partial charge in [0.15, 0.2) is 5.75 Å². The highest BCUT2D eigenvalue weighted by Gasteiger charge is 2.63. The molecule has 1 fully saturated rings. The number of methoxy groups -OCH3 is 1. The number of rotatable bonds is 4. The largest absolute Gasteiger partial charge is 0.494 e. The van der Waals surface area contributed by atoms with Crippen LogP contribution in [0.25, 0.3) is 0 Å². The normalized spacial score (nSPS) is 16.8. The highest BCUT2D eigenvalue weighted by molar-refractivity contribution is 5.90. The van der Waals surface area contributed by atoms with Crippen LogP contribution in [-0.2, 0) is 0 Å². The molecular formula is C11H12F3N3O2. The van der Waals surface area contributed by atoms with E-state index in [1.807, 2.05) is 0 Å². The van der Waals surface area contributed by atoms with Crippen molar-refractivity contribution in [3.63, 3.8) is 0 Å². The Morgan fingerprint density at radius 3 is 2.42 bits per heavy atom. The van der Waals surface area contributed by atoms with Crippen molar-refractivity contribution in [2.75, 3.05) is 13.7 Å². The van der Waals surface area contributed by atoms with Crippen LogP contribution in [0.3, 0.4) is 0 Å². The van der Waals surface area contributed by atoms with Crippen LogP contribution in [0.2, 0.25) is 0 Å². The van der Waals surface area contributed by atoms with E-state index < -0.39 is 24.0 Å². The summed E-state index contributed by atoms with van der Waals surface area (Å²) < 4.78 is 42.8. The fourth-order valence-corrected chi connectivity index (χ4v) is 1.58. The summed E-state index contributed by atoms with van der Waals surface area (Å²) in [4.78, 5) is 19.0. The average Bonchev–Trinajstić information content (AvgIpc) is 3.16. The molecular weight excluding hydrogens is 263 g/mol. The van der Waals surface area contributed by atoms with Gasteiger partial charge >= 0.3 is 6.18 Å². The standard InChI is InChI=1S/C11H12F3N3O2/c1-19-7-4-15-8(16-5-7)9(18)17-6-10(2-3-10)11(12,13)14/h4-5H,2-3,6H2,1H3,(H,17,18). The third-order valence-corrected chi connectivity index (χ3v) is 3.11. The maximum Gasteiger partial charge on any atom is 0.396 e. The number of aromatic nitrogens is 2. The predicted molar refractivity (Wildman–Crippen MR) is 58.6 cm³/mol. The second-order valence-electron chi connectivity index (χ2n) is 4.41. The highest BCUT2D eigenvalue weighted by Crippen LogP contribution is 2.57. The number of hydrogen-bond acceptors (Lipinski definition) is 4. The number of ether oxygens (including phenoxy) is 1. The molecule has 1 N–H and O–H groups in total. The van der Waals surface area contributed by atoms with E-state index in [4.69, 9.17) is 4.74 Å². The van der Waals surface area contributed by atoms with Gasteiger partial charge in [-0.15, -0.1) is 0 Å². The summed E-state index contributed by atoms with van der Waals surface area (Å²) in [5.74, 6) is -0.539. The maximum absolute atomic E-state index is 12.6. The molecule has 0 radical (unpaired) electrons. The van der Waals surface area contributed by atoms with Gasteiger partial charge in [0.25, 0.3) is 5.91 Å². The van der Waals surface area contributed by atoms with E-state index in [1.54, 1.807) is 0 Å². The SMILES string of the molecule is COc1cnc(C(=O)NCC2(C(F)(F)F)CC2)nc1. The van der Waals surface area contributed by atoms with Crippen molar-refractivity contribution in [1.82, 2.24) is 15.3 Å². The van der Waals surface area contributed by atoms with Gasteiger partial charge in [-0.2, -0.15) is 13.2 Å². The maximum atomic E-state index is 12.6. The van der Waals surface area contributed by atoms with Crippen LogP contribution in [0, 0.1) is 5.41 Å². The van der Waals surface area contributed by atoms with Crippen molar-refractivity contribution < 1.29 is 22.7 Å². The summed E-state index contributed by atoms with van der Waals surface area (Å²) in [6.07, 6.45) is -1.65. The molecule has 0 aliphatic heterocycles. The molecule has 1 aromatic rings. The number of nitrogens with one attached hydrogen (secondary N) is 1. The number of alkyl halides is 3. The number of amides is 1. The fourth-order valence-electron chi connectivity index (χ4n) is 1.58. The first-order valence-electron chi connectivity index (χ1n) is 5.59. The summed E-state index contributed by atoms with van der Waals surface area (Å²) >= 11 is 0. The Labute approximate surface area is 107 Å². The van der Waals surface area contributed by atoms with Crippen LogP contribution in [0.4, 0.5) is 13.2 Å². The van der Waals surface area contributed by atoms with Gasteiger partial charge in [-0.05, 0) is 12.8 Å². The molecule has 19 heavy (non-hydrogen) atoms. The van der Waals surface area contributed by atoms with E-state index >= 15 is 0 Å². The highest BCUT2D eigenvalue weighted by atomic mass is 19.4. The molecule has 1 heterocycles. The molecule has 0 atom stereocenters. The third kappa shape index (κ3) is 2.77. The summed E-state index contributed by atoms with van der Waals surface area (Å²) in [5.41, 5.74) is -1.77. The monoisotopic (exact) mass is 275 g/mol. The first kappa shape index (κ1) is 13.6. The van der Waals surface area contributed by atoms with Crippen LogP contribution >= 0.6 is 0 Å². The van der Waals surface area contributed by atoms with Gasteiger partial charge in [-0.3, -0.25) is 4.79 Å². The second-order valence-corrected chi connectivity index (χ2v) is 4.41. The molecule has 1 aliphatic carbocycles. The molecule has 1 aromatic heterocycles. The van der Waals surface area contributed by atoms with Crippen molar-refractivity contribution in [1.29, 1.82) is 0 Å². The van der Waals surface area contributed by atoms with Crippen LogP contribution in [0.5, 0.6) is 5.75 Å². The van der Waals surface area contributed by atoms with Crippen molar-refractivity contribution in [3.8, 4) is 5.75 Å². The smallest absolute Gasteiger partial charge is 0.396 e. The van der Waals surface area contributed by atoms with Gasteiger partial charge < -0.3 is 10.1 Å². The lowest BCUT2D eigenvalue weighted by Gasteiger charge is -2.19. The van der Waals surface area contributed by atoms with E-state index in [0.29, 0.717) is 5.75 Å². The van der Waals surface area contributed by atoms with Crippen LogP contribution in [0.1, 0.15) is 23.5 Å². The van der Waals surface area contributed by atoms with Gasteiger partial charge in [0.05, 0.1) is 24.9 Å². The summed E-state index contributed by atoms with van der Waals surface area (Å²) in [6, 6.07) is 0. The zero-order valence-corrected chi connectivity index (χ0v) is 10.1. The predicted octanol–water partition coefficient (Wildman–Crippen LogP) is 1.56. The van der Waals surface area contributed by atoms with Crippen LogP contribution in [0.15, 0.2) is 12.4 Å². The second kappa shape index (κ2) is 4.67. The Hall–Kier alpha value is -1.86. The molecule has 0 saturated heterocycles. The van der Waals surface area contributed by atoms with E-state index in [9.17, 15) is 18.0 Å². The Morgan fingerprint density at radius 1 is 1.42 bits per heavy atom. The number of hydrogen-bond donors (Lipinski definition) is 1. The number of halogens is 3. The van der Waals surface area contributed by atoms with E-state index in [2.05, 4.69) is 15.3 Å². The molecule has 0 unspecified atom stereocenters. The Kier molecular flexibility index (Phi) is 3.34. The fraction of sp³-hybridized carbons (Fsp3) is 0.545. The van der Waals surface area contributed by atoms with Gasteiger partial charge in [-0.25, -0.2) is 9.97 Å². The quantitative estimate of drug-likeness (QED) is 0.905. The number of nitrogens with zero attached hydrogens (tertiary/aromatic N) is 2. The van der Waals surface area contributed by atoms with Crippen molar-refractivity contribution in [2.45, 2.75) is 19.0 Å². The van der Waals surface area contributed by atoms with Crippen LogP contribution in [-0.4, -0.2) is 35.7 Å². The Bertz CT molecular complexity index is 469. The first-order chi connectivity index (χ1) is 8.88. The Balaban J connectivity index is 1.94. The molecule has 104 valence electrons. The Morgan fingerprint density at radius 2 is 2.00 bits per heavy atom. The molecule has 0 spiro atoms. The van der Waals surface area contributed by atoms with E-state index in [-0.39, 0.29) is 18.7 Å². The van der Waals surface area contributed by atoms with E-state index in [0.717, 1.165) is 0 Å². The van der Waals surface area contributed by atoms with E-state index in [1.165, 1.54) is 19.5 Å². The number of carbonyl (C=O) groups excluding carboxylic acids is 1. The third-order valence-electron chi connectivity index (χ3n) is 3.11. The molecule has 1 aliphatic rings. The summed E-state index contributed by atoms with van der Waals surface area (Å²) in [6.45, 7) is -0.440. The first-order valence-corrected chi connectivity index (χ1v) is 5.59. The minimum Gasteiger partial charge on any atom is -0.494 e. The van der Waals surface area contributed by atoms with Crippen molar-refractivity contribution in [2.24, 2.45) is 5.41 Å². The minimum absolute atomic E-state index is 0.0419. The topological polar surface area (TPSA) is 64.1 Å². The zero-order chi connectivity index (χ0) is 14.1. The lowest BCUT2D eigenvalue weighted by Crippen LogP contribution is -2.38. The van der Waals surface area contributed by atoms with Gasteiger partial charge in [0.2, 0.25) is 5.82 Å². The minimum atomic E-state index is -4.29. The van der Waals surface area contributed by atoms with Crippen LogP contribution < -0.4 is 10.1 Å². The van der Waals surface area contributed by atoms with Crippen molar-refractivity contribution in [3.05, 3.63) is 18.2 Å². The molecule has 1 amide bonds. The van der Waals surface area contributed by atoms with Gasteiger partial charge in [-0.1, -0.05) is 0 Å². The number of carbonyl (C=O) groups is 1. The summed E-state index contributed by atoms with van der Waals surface area (Å²) in [7, 11) is 1.42. The van der Waals surface area contributed by atoms with Gasteiger partial charge in [0.1, 0.15) is 0 Å². The van der Waals surface area contributed by atoms with Crippen molar-refractivity contribution >= 4 is 5.91 Å². The molecule has 8 heteroatoms. The molecule has 0 bridgehead atoms. The lowest BCUT2D eigenvalue weighted by atomic mass is 10.1. The molecule has 0 aromatic carbocycles. The van der Waals surface area contributed by atoms with Gasteiger partial charge in [0, 0.05) is 6.54 Å². The molecule has 5 nitrogen and oxygen atoms in total. The zero-order valence-electron chi connectivity index (χ0n) is 10.1.